The summed E-state index contributed by atoms with van der Waals surface area (Å²) in [6.07, 6.45) is 6.37. The van der Waals surface area contributed by atoms with Crippen molar-refractivity contribution in [3.63, 3.8) is 0 Å². The monoisotopic (exact) mass is 425 g/mol. The average molecular weight is 426 g/mol. The summed E-state index contributed by atoms with van der Waals surface area (Å²) in [6, 6.07) is 14.0. The Bertz CT molecular complexity index is 1070. The Labute approximate surface area is 179 Å². The van der Waals surface area contributed by atoms with Crippen molar-refractivity contribution in [2.45, 2.75) is 18.9 Å². The number of carbonyl (C=O) groups excluding carboxylic acids is 1. The Balaban J connectivity index is 1.87. The molecule has 2 aromatic carbocycles. The van der Waals surface area contributed by atoms with Crippen molar-refractivity contribution >= 4 is 29.7 Å². The lowest BCUT2D eigenvalue weighted by Gasteiger charge is -2.20. The molecule has 1 atom stereocenters. The minimum absolute atomic E-state index is 0.0685. The number of halogens is 2. The molecule has 0 saturated heterocycles. The van der Waals surface area contributed by atoms with Crippen LogP contribution >= 0.6 is 11.6 Å². The SMILES string of the molecule is CN=CC(=O)/C(O)=C/c1nccn1CC[C@@H](c1ccc(F)cc1)c1ccccc1Cl. The van der Waals surface area contributed by atoms with Crippen molar-refractivity contribution in [2.24, 2.45) is 4.99 Å². The Morgan fingerprint density at radius 3 is 2.70 bits per heavy atom. The van der Waals surface area contributed by atoms with E-state index in [1.807, 2.05) is 28.8 Å². The molecule has 0 aliphatic carbocycles. The first-order valence-electron chi connectivity index (χ1n) is 9.37. The van der Waals surface area contributed by atoms with Gasteiger partial charge < -0.3 is 9.67 Å². The maximum absolute atomic E-state index is 13.4. The molecule has 0 spiro atoms. The van der Waals surface area contributed by atoms with E-state index in [-0.39, 0.29) is 11.7 Å². The summed E-state index contributed by atoms with van der Waals surface area (Å²) < 4.78 is 15.3. The molecule has 0 amide bonds. The van der Waals surface area contributed by atoms with Gasteiger partial charge in [0, 0.05) is 43.0 Å². The standard InChI is InChI=1S/C23H21ClFN3O2/c1-26-15-22(30)21(29)14-23-27-11-13-28(23)12-10-18(16-6-8-17(25)9-7-16)19-4-2-3-5-20(19)24/h2-9,11,13-15,18,29H,10,12H2,1H3/b21-14-,26-15?/t18-/m0/s1. The molecule has 1 heterocycles. The summed E-state index contributed by atoms with van der Waals surface area (Å²) in [5, 5.41) is 10.6. The van der Waals surface area contributed by atoms with E-state index in [0.717, 1.165) is 17.3 Å². The summed E-state index contributed by atoms with van der Waals surface area (Å²) in [7, 11) is 1.45. The van der Waals surface area contributed by atoms with Crippen molar-refractivity contribution in [3.05, 3.63) is 94.5 Å². The zero-order chi connectivity index (χ0) is 21.5. The third-order valence-electron chi connectivity index (χ3n) is 4.72. The first-order chi connectivity index (χ1) is 14.5. The van der Waals surface area contributed by atoms with E-state index in [1.54, 1.807) is 24.5 Å². The molecule has 0 saturated carbocycles. The molecule has 3 aromatic rings. The Morgan fingerprint density at radius 2 is 2.00 bits per heavy atom. The predicted molar refractivity (Wildman–Crippen MR) is 117 cm³/mol. The molecule has 0 aliphatic heterocycles. The van der Waals surface area contributed by atoms with Gasteiger partial charge in [0.1, 0.15) is 11.6 Å². The zero-order valence-corrected chi connectivity index (χ0v) is 17.1. The minimum Gasteiger partial charge on any atom is -0.504 e. The normalized spacial score (nSPS) is 13.0. The number of aliphatic hydroxyl groups is 1. The number of benzene rings is 2. The fourth-order valence-electron chi connectivity index (χ4n) is 3.25. The number of hydrogen-bond acceptors (Lipinski definition) is 4. The number of imidazole rings is 1. The van der Waals surface area contributed by atoms with Crippen LogP contribution in [0.3, 0.4) is 0 Å². The lowest BCUT2D eigenvalue weighted by atomic mass is 9.88. The highest BCUT2D eigenvalue weighted by Gasteiger charge is 2.18. The molecule has 1 aromatic heterocycles. The van der Waals surface area contributed by atoms with Gasteiger partial charge in [-0.1, -0.05) is 41.9 Å². The van der Waals surface area contributed by atoms with Gasteiger partial charge in [-0.05, 0) is 35.7 Å². The second-order valence-corrected chi connectivity index (χ2v) is 7.08. The number of hydrogen-bond donors (Lipinski definition) is 1. The minimum atomic E-state index is -0.590. The molecule has 30 heavy (non-hydrogen) atoms. The summed E-state index contributed by atoms with van der Waals surface area (Å²) in [6.45, 7) is 0.544. The van der Waals surface area contributed by atoms with Gasteiger partial charge in [0.25, 0.3) is 0 Å². The smallest absolute Gasteiger partial charge is 0.237 e. The van der Waals surface area contributed by atoms with Gasteiger partial charge >= 0.3 is 0 Å². The zero-order valence-electron chi connectivity index (χ0n) is 16.4. The van der Waals surface area contributed by atoms with Gasteiger partial charge in [-0.3, -0.25) is 9.79 Å². The highest BCUT2D eigenvalue weighted by Crippen LogP contribution is 2.33. The number of aliphatic hydroxyl groups excluding tert-OH is 1. The van der Waals surface area contributed by atoms with Crippen LogP contribution in [0, 0.1) is 5.82 Å². The lowest BCUT2D eigenvalue weighted by molar-refractivity contribution is -0.111. The molecular weight excluding hydrogens is 405 g/mol. The molecule has 0 bridgehead atoms. The largest absolute Gasteiger partial charge is 0.504 e. The predicted octanol–water partition coefficient (Wildman–Crippen LogP) is 5.07. The van der Waals surface area contributed by atoms with E-state index in [2.05, 4.69) is 9.98 Å². The molecule has 7 heteroatoms. The molecule has 5 nitrogen and oxygen atoms in total. The van der Waals surface area contributed by atoms with E-state index < -0.39 is 11.5 Å². The molecule has 1 N–H and O–H groups in total. The molecule has 154 valence electrons. The second kappa shape index (κ2) is 9.98. The van der Waals surface area contributed by atoms with Gasteiger partial charge in [0.2, 0.25) is 5.78 Å². The van der Waals surface area contributed by atoms with E-state index in [1.165, 1.54) is 25.3 Å². The summed E-state index contributed by atoms with van der Waals surface area (Å²) in [5.41, 5.74) is 1.89. The van der Waals surface area contributed by atoms with E-state index in [4.69, 9.17) is 11.6 Å². The Morgan fingerprint density at radius 1 is 1.27 bits per heavy atom. The van der Waals surface area contributed by atoms with Gasteiger partial charge in [0.15, 0.2) is 5.76 Å². The average Bonchev–Trinajstić information content (AvgIpc) is 3.17. The van der Waals surface area contributed by atoms with Gasteiger partial charge in [0.05, 0.1) is 6.21 Å². The number of aryl methyl sites for hydroxylation is 1. The number of carbonyl (C=O) groups is 1. The van der Waals surface area contributed by atoms with E-state index in [9.17, 15) is 14.3 Å². The fraction of sp³-hybridized carbons (Fsp3) is 0.174. The van der Waals surface area contributed by atoms with Crippen LogP contribution < -0.4 is 0 Å². The number of aliphatic imine (C=N–C) groups is 1. The number of Topliss-reactive ketones (excluding diaryl/α,β-unsaturated/α-hetero) is 1. The van der Waals surface area contributed by atoms with Crippen LogP contribution in [-0.4, -0.2) is 33.7 Å². The molecular formula is C23H21ClFN3O2. The number of ketones is 1. The van der Waals surface area contributed by atoms with Crippen LogP contribution in [0.5, 0.6) is 0 Å². The Hall–Kier alpha value is -3.25. The van der Waals surface area contributed by atoms with E-state index in [0.29, 0.717) is 23.8 Å². The molecule has 0 unspecified atom stereocenters. The number of allylic oxidation sites excluding steroid dienone is 1. The van der Waals surface area contributed by atoms with Crippen LogP contribution in [0.2, 0.25) is 5.02 Å². The highest BCUT2D eigenvalue weighted by atomic mass is 35.5. The van der Waals surface area contributed by atoms with E-state index >= 15 is 0 Å². The maximum atomic E-state index is 13.4. The van der Waals surface area contributed by atoms with Crippen LogP contribution in [-0.2, 0) is 11.3 Å². The summed E-state index contributed by atoms with van der Waals surface area (Å²) in [5.74, 6) is -0.945. The van der Waals surface area contributed by atoms with Crippen molar-refractivity contribution in [1.29, 1.82) is 0 Å². The fourth-order valence-corrected chi connectivity index (χ4v) is 3.52. The third kappa shape index (κ3) is 5.21. The molecule has 0 fully saturated rings. The van der Waals surface area contributed by atoms with Crippen molar-refractivity contribution < 1.29 is 14.3 Å². The number of rotatable bonds is 8. The van der Waals surface area contributed by atoms with Crippen LogP contribution in [0.15, 0.2) is 71.7 Å². The van der Waals surface area contributed by atoms with Crippen LogP contribution in [0.4, 0.5) is 4.39 Å². The summed E-state index contributed by atoms with van der Waals surface area (Å²) in [4.78, 5) is 19.5. The molecule has 0 aliphatic rings. The van der Waals surface area contributed by atoms with Crippen molar-refractivity contribution in [1.82, 2.24) is 9.55 Å². The third-order valence-corrected chi connectivity index (χ3v) is 5.07. The quantitative estimate of drug-likeness (QED) is 0.311. The topological polar surface area (TPSA) is 67.5 Å². The lowest BCUT2D eigenvalue weighted by Crippen LogP contribution is -2.09. The van der Waals surface area contributed by atoms with Crippen LogP contribution in [0.25, 0.3) is 6.08 Å². The van der Waals surface area contributed by atoms with Gasteiger partial charge in [-0.25, -0.2) is 9.37 Å². The second-order valence-electron chi connectivity index (χ2n) is 6.67. The first-order valence-corrected chi connectivity index (χ1v) is 9.75. The molecule has 0 radical (unpaired) electrons. The summed E-state index contributed by atoms with van der Waals surface area (Å²) >= 11 is 6.44. The van der Waals surface area contributed by atoms with Crippen molar-refractivity contribution in [3.8, 4) is 0 Å². The first kappa shape index (κ1) is 21.5. The van der Waals surface area contributed by atoms with Crippen molar-refractivity contribution in [2.75, 3.05) is 7.05 Å². The Kier molecular flexibility index (Phi) is 7.14. The molecule has 3 rings (SSSR count). The van der Waals surface area contributed by atoms with Gasteiger partial charge in [-0.2, -0.15) is 0 Å². The maximum Gasteiger partial charge on any atom is 0.237 e. The number of nitrogens with zero attached hydrogens (tertiary/aromatic N) is 3. The van der Waals surface area contributed by atoms with Gasteiger partial charge in [-0.15, -0.1) is 0 Å². The van der Waals surface area contributed by atoms with Crippen LogP contribution in [0.1, 0.15) is 29.3 Å². The highest BCUT2D eigenvalue weighted by molar-refractivity contribution is 6.35. The number of aromatic nitrogens is 2.